The number of allylic oxidation sites excluding steroid dienone is 2. The van der Waals surface area contributed by atoms with E-state index in [-0.39, 0.29) is 30.4 Å². The molecular weight excluding hydrogens is 739 g/mol. The summed E-state index contributed by atoms with van der Waals surface area (Å²) in [6.45, 7) is 2.98. The molecule has 312 valence electrons. The molecule has 1 fully saturated rings. The van der Waals surface area contributed by atoms with Crippen molar-refractivity contribution in [1.29, 1.82) is 0 Å². The van der Waals surface area contributed by atoms with E-state index in [0.717, 1.165) is 49.8 Å². The van der Waals surface area contributed by atoms with Crippen molar-refractivity contribution in [1.82, 2.24) is 4.90 Å². The molecule has 57 heavy (non-hydrogen) atoms. The Hall–Kier alpha value is -4.16. The monoisotopic (exact) mass is 797 g/mol. The number of nitrogens with zero attached hydrogens (tertiary/aromatic N) is 1. The van der Waals surface area contributed by atoms with Gasteiger partial charge in [0.15, 0.2) is 17.6 Å². The first-order valence-electron chi connectivity index (χ1n) is 20.6. The van der Waals surface area contributed by atoms with Crippen LogP contribution in [0.2, 0.25) is 0 Å². The van der Waals surface area contributed by atoms with Gasteiger partial charge in [0.25, 0.3) is 0 Å². The number of benzene rings is 2. The molecule has 1 spiro atoms. The highest BCUT2D eigenvalue weighted by molar-refractivity contribution is 5.82. The van der Waals surface area contributed by atoms with E-state index in [1.165, 1.54) is 44.9 Å². The molecule has 0 aromatic heterocycles. The maximum absolute atomic E-state index is 13.9. The lowest BCUT2D eigenvalue weighted by Crippen LogP contribution is -2.74. The molecule has 1 saturated heterocycles. The number of hydrogen-bond donors (Lipinski definition) is 2. The van der Waals surface area contributed by atoms with E-state index >= 15 is 0 Å². The summed E-state index contributed by atoms with van der Waals surface area (Å²) in [6, 6.07) is 12.4. The summed E-state index contributed by atoms with van der Waals surface area (Å²) in [7, 11) is 2.03. The van der Waals surface area contributed by atoms with Gasteiger partial charge in [-0.05, 0) is 76.2 Å². The first-order valence-corrected chi connectivity index (χ1v) is 20.6. The lowest BCUT2D eigenvalue weighted by atomic mass is 9.50. The van der Waals surface area contributed by atoms with Crippen molar-refractivity contribution in [2.75, 3.05) is 13.6 Å². The number of esters is 2. The number of phenols is 1. The molecule has 2 aromatic carbocycles. The van der Waals surface area contributed by atoms with Gasteiger partial charge in [0.2, 0.25) is 12.4 Å². The number of unbranched alkanes of at least 4 members (excludes halogenated alkanes) is 11. The van der Waals surface area contributed by atoms with Gasteiger partial charge < -0.3 is 29.3 Å². The molecule has 2 N–H and O–H groups in total. The van der Waals surface area contributed by atoms with Gasteiger partial charge in [0.1, 0.15) is 5.76 Å². The highest BCUT2D eigenvalue weighted by Crippen LogP contribution is 2.65. The Balaban J connectivity index is 0.000000959. The van der Waals surface area contributed by atoms with Gasteiger partial charge >= 0.3 is 18.1 Å². The van der Waals surface area contributed by atoms with Crippen LogP contribution in [0, 0.1) is 0 Å². The Morgan fingerprint density at radius 3 is 2.25 bits per heavy atom. The highest BCUT2D eigenvalue weighted by Gasteiger charge is 2.72. The molecule has 12 heteroatoms. The Morgan fingerprint density at radius 2 is 1.60 bits per heavy atom. The predicted molar refractivity (Wildman–Crippen MR) is 210 cm³/mol. The zero-order valence-corrected chi connectivity index (χ0v) is 33.2. The van der Waals surface area contributed by atoms with E-state index in [4.69, 9.17) is 19.0 Å². The fourth-order valence-electron chi connectivity index (χ4n) is 9.02. The molecule has 0 radical (unpaired) electrons. The third kappa shape index (κ3) is 10.3. The lowest BCUT2D eigenvalue weighted by molar-refractivity contribution is -0.176. The van der Waals surface area contributed by atoms with Crippen LogP contribution in [0.15, 0.2) is 66.5 Å². The number of halogens is 3. The zero-order valence-electron chi connectivity index (χ0n) is 33.2. The van der Waals surface area contributed by atoms with Crippen LogP contribution >= 0.6 is 0 Å². The second kappa shape index (κ2) is 20.0. The fourth-order valence-corrected chi connectivity index (χ4v) is 9.02. The largest absolute Gasteiger partial charge is 0.504 e. The molecule has 2 aromatic rings. The van der Waals surface area contributed by atoms with E-state index < -0.39 is 47.6 Å². The standard InChI is InChI=1S/C43H57NO7.C2HF3O/c1-3-4-5-6-7-8-9-10-11-12-13-14-15-16-20-23-36(46)50-38(31-21-18-17-19-22-31)41(47)49-34-26-27-43(48)35-30-32-24-25-33(45)39-37(32)42(43,40(34)51-39)28-29-44(35)2;3-2(4,5)1-6/h10-11,17-19,21-22,24-26,35,38,40,45,48H,3-9,12-16,20,23,27-30H2,1-2H3;1H/b11-10+;/t35-,38+,40+,42+,43-;/m1./s1. The Morgan fingerprint density at radius 1 is 0.965 bits per heavy atom. The molecule has 0 amide bonds. The van der Waals surface area contributed by atoms with Crippen LogP contribution < -0.4 is 4.74 Å². The average molecular weight is 798 g/mol. The summed E-state index contributed by atoms with van der Waals surface area (Å²) in [6.07, 6.45) is 15.6. The van der Waals surface area contributed by atoms with Gasteiger partial charge in [-0.2, -0.15) is 13.2 Å². The van der Waals surface area contributed by atoms with E-state index in [1.807, 2.05) is 19.2 Å². The minimum atomic E-state index is -4.64. The number of likely N-dealkylation sites (tertiary alicyclic amines) is 1. The second-order valence-electron chi connectivity index (χ2n) is 15.8. The number of piperidine rings is 1. The molecule has 4 aliphatic rings. The summed E-state index contributed by atoms with van der Waals surface area (Å²) in [5.74, 6) is -0.501. The molecule has 5 atom stereocenters. The van der Waals surface area contributed by atoms with Crippen LogP contribution in [-0.2, 0) is 35.7 Å². The zero-order chi connectivity index (χ0) is 41.1. The number of likely N-dealkylation sites (N-methyl/N-ethyl adjacent to an activating group) is 1. The van der Waals surface area contributed by atoms with Crippen LogP contribution in [-0.4, -0.2) is 70.9 Å². The van der Waals surface area contributed by atoms with Crippen molar-refractivity contribution < 1.29 is 52.0 Å². The molecule has 2 bridgehead atoms. The molecular formula is C45H58F3NO8. The SMILES string of the molecule is CCCCCCCC/C=C/CCCCCCCC(=O)O[C@H](C(=O)OC1=CC[C@@]2(O)[C@H]3Cc4ccc(O)c5c4[C@@]2(CCN3C)[C@H]1O5)c1ccccc1.O=CC(F)(F)F. The number of aliphatic hydroxyl groups is 1. The van der Waals surface area contributed by atoms with Gasteiger partial charge in [0, 0.05) is 30.0 Å². The van der Waals surface area contributed by atoms with Crippen molar-refractivity contribution >= 4 is 18.2 Å². The van der Waals surface area contributed by atoms with Gasteiger partial charge in [-0.3, -0.25) is 9.59 Å². The molecule has 9 nitrogen and oxygen atoms in total. The van der Waals surface area contributed by atoms with E-state index in [2.05, 4.69) is 24.0 Å². The number of aromatic hydroxyl groups is 1. The van der Waals surface area contributed by atoms with E-state index in [0.29, 0.717) is 30.6 Å². The number of aldehydes is 1. The van der Waals surface area contributed by atoms with Crippen molar-refractivity contribution in [2.24, 2.45) is 0 Å². The fraction of sp³-hybridized carbons (Fsp3) is 0.578. The van der Waals surface area contributed by atoms with Crippen molar-refractivity contribution in [2.45, 2.75) is 152 Å². The summed E-state index contributed by atoms with van der Waals surface area (Å²) < 4.78 is 49.6. The van der Waals surface area contributed by atoms with Gasteiger partial charge in [0.05, 0.1) is 11.0 Å². The number of alkyl halides is 3. The minimum Gasteiger partial charge on any atom is -0.504 e. The minimum absolute atomic E-state index is 0.00895. The molecule has 2 heterocycles. The molecule has 6 rings (SSSR count). The molecule has 0 saturated carbocycles. The average Bonchev–Trinajstić information content (AvgIpc) is 3.56. The van der Waals surface area contributed by atoms with Crippen molar-refractivity contribution in [3.63, 3.8) is 0 Å². The number of carbonyl (C=O) groups excluding carboxylic acids is 3. The summed E-state index contributed by atoms with van der Waals surface area (Å²) in [4.78, 5) is 37.9. The normalized spacial score (nSPS) is 23.7. The molecule has 2 aliphatic carbocycles. The Kier molecular flexibility index (Phi) is 15.4. The third-order valence-corrected chi connectivity index (χ3v) is 11.9. The first kappa shape index (κ1) is 44.0. The summed E-state index contributed by atoms with van der Waals surface area (Å²) >= 11 is 0. The quantitative estimate of drug-likeness (QED) is 0.0620. The van der Waals surface area contributed by atoms with Crippen LogP contribution in [0.1, 0.15) is 132 Å². The maximum atomic E-state index is 13.9. The number of ether oxygens (including phenoxy) is 3. The summed E-state index contributed by atoms with van der Waals surface area (Å²) in [5.41, 5.74) is 0.345. The van der Waals surface area contributed by atoms with Crippen molar-refractivity contribution in [3.05, 3.63) is 83.1 Å². The number of hydrogen-bond acceptors (Lipinski definition) is 9. The summed E-state index contributed by atoms with van der Waals surface area (Å²) in [5, 5.41) is 23.2. The molecule has 2 aliphatic heterocycles. The van der Waals surface area contributed by atoms with Crippen LogP contribution in [0.25, 0.3) is 0 Å². The second-order valence-corrected chi connectivity index (χ2v) is 15.8. The van der Waals surface area contributed by atoms with Crippen molar-refractivity contribution in [3.8, 4) is 11.5 Å². The third-order valence-electron chi connectivity index (χ3n) is 11.9. The van der Waals surface area contributed by atoms with Gasteiger partial charge in [-0.15, -0.1) is 0 Å². The lowest BCUT2D eigenvalue weighted by Gasteiger charge is -2.61. The topological polar surface area (TPSA) is 123 Å². The first-order chi connectivity index (χ1) is 27.4. The number of rotatable bonds is 19. The number of carbonyl (C=O) groups is 3. The van der Waals surface area contributed by atoms with Crippen LogP contribution in [0.3, 0.4) is 0 Å². The van der Waals surface area contributed by atoms with Crippen LogP contribution in [0.4, 0.5) is 13.2 Å². The van der Waals surface area contributed by atoms with Gasteiger partial charge in [-0.1, -0.05) is 107 Å². The maximum Gasteiger partial charge on any atom is 0.446 e. The Bertz CT molecular complexity index is 1730. The smallest absolute Gasteiger partial charge is 0.446 e. The van der Waals surface area contributed by atoms with E-state index in [9.17, 15) is 33.0 Å². The van der Waals surface area contributed by atoms with Crippen LogP contribution in [0.5, 0.6) is 11.5 Å². The van der Waals surface area contributed by atoms with E-state index in [1.54, 1.807) is 36.4 Å². The Labute approximate surface area is 334 Å². The highest BCUT2D eigenvalue weighted by atomic mass is 19.4. The predicted octanol–water partition coefficient (Wildman–Crippen LogP) is 9.28. The van der Waals surface area contributed by atoms with Gasteiger partial charge in [-0.25, -0.2) is 4.79 Å². The molecule has 0 unspecified atom stereocenters. The number of phenolic OH excluding ortho intramolecular Hbond substituents is 1.